The molecule has 3 rings (SSSR count). The molecule has 0 saturated carbocycles. The molecule has 0 N–H and O–H groups in total. The van der Waals surface area contributed by atoms with Gasteiger partial charge in [0, 0.05) is 32.1 Å². The van der Waals surface area contributed by atoms with E-state index in [4.69, 9.17) is 0 Å². The third-order valence-electron chi connectivity index (χ3n) is 5.08. The van der Waals surface area contributed by atoms with Crippen LogP contribution in [-0.2, 0) is 11.2 Å². The molecule has 2 atom stereocenters. The molecule has 0 aromatic carbocycles. The standard InChI is InChI=1S/C17H26N4O2S/c1-4-13-16(24-19-18-13)17(23)20-8-7-14-12(10-20)5-6-15(22)21(14)9-11(2)3/h11-12,14H,4-10H2,1-3H3/t12-,14+/m0/s1. The minimum atomic E-state index is 0.0626. The van der Waals surface area contributed by atoms with E-state index in [0.29, 0.717) is 35.7 Å². The van der Waals surface area contributed by atoms with Gasteiger partial charge in [0.05, 0.1) is 5.69 Å². The molecule has 0 unspecified atom stereocenters. The monoisotopic (exact) mass is 350 g/mol. The quantitative estimate of drug-likeness (QED) is 0.835. The number of carbonyl (C=O) groups is 2. The van der Waals surface area contributed by atoms with Crippen molar-refractivity contribution in [3.05, 3.63) is 10.6 Å². The predicted octanol–water partition coefficient (Wildman–Crippen LogP) is 2.21. The molecule has 7 heteroatoms. The molecule has 1 aromatic rings. The zero-order chi connectivity index (χ0) is 17.3. The summed E-state index contributed by atoms with van der Waals surface area (Å²) < 4.78 is 3.94. The van der Waals surface area contributed by atoms with Crippen LogP contribution in [0.4, 0.5) is 0 Å². The van der Waals surface area contributed by atoms with Crippen molar-refractivity contribution in [2.24, 2.45) is 11.8 Å². The van der Waals surface area contributed by atoms with E-state index in [2.05, 4.69) is 28.3 Å². The zero-order valence-electron chi connectivity index (χ0n) is 14.7. The maximum Gasteiger partial charge on any atom is 0.267 e. The lowest BCUT2D eigenvalue weighted by Gasteiger charge is -2.47. The van der Waals surface area contributed by atoms with Gasteiger partial charge in [-0.3, -0.25) is 9.59 Å². The molecule has 6 nitrogen and oxygen atoms in total. The minimum absolute atomic E-state index is 0.0626. The fourth-order valence-electron chi connectivity index (χ4n) is 3.91. The average molecular weight is 350 g/mol. The number of hydrogen-bond donors (Lipinski definition) is 0. The zero-order valence-corrected chi connectivity index (χ0v) is 15.5. The lowest BCUT2D eigenvalue weighted by Crippen LogP contribution is -2.57. The highest BCUT2D eigenvalue weighted by atomic mass is 32.1. The Hall–Kier alpha value is -1.50. The van der Waals surface area contributed by atoms with E-state index in [0.717, 1.165) is 38.0 Å². The normalized spacial score (nSPS) is 24.4. The van der Waals surface area contributed by atoms with Crippen LogP contribution >= 0.6 is 11.5 Å². The summed E-state index contributed by atoms with van der Waals surface area (Å²) in [7, 11) is 0. The molecule has 2 aliphatic rings. The van der Waals surface area contributed by atoms with Crippen molar-refractivity contribution in [2.75, 3.05) is 19.6 Å². The van der Waals surface area contributed by atoms with Crippen LogP contribution in [0.2, 0.25) is 0 Å². The Kier molecular flexibility index (Phi) is 5.18. The summed E-state index contributed by atoms with van der Waals surface area (Å²) >= 11 is 1.20. The van der Waals surface area contributed by atoms with Gasteiger partial charge in [-0.2, -0.15) is 0 Å². The fraction of sp³-hybridized carbons (Fsp3) is 0.765. The van der Waals surface area contributed by atoms with Gasteiger partial charge in [0.25, 0.3) is 5.91 Å². The number of rotatable bonds is 4. The van der Waals surface area contributed by atoms with Crippen LogP contribution in [0.1, 0.15) is 55.4 Å². The number of fused-ring (bicyclic) bond motifs is 1. The number of nitrogens with zero attached hydrogens (tertiary/aromatic N) is 4. The van der Waals surface area contributed by atoms with Crippen LogP contribution in [0.15, 0.2) is 0 Å². The number of carbonyl (C=O) groups excluding carboxylic acids is 2. The summed E-state index contributed by atoms with van der Waals surface area (Å²) in [6, 6.07) is 0.294. The van der Waals surface area contributed by atoms with Crippen molar-refractivity contribution in [3.63, 3.8) is 0 Å². The van der Waals surface area contributed by atoms with Crippen molar-refractivity contribution < 1.29 is 9.59 Å². The summed E-state index contributed by atoms with van der Waals surface area (Å²) in [6.45, 7) is 8.58. The first-order valence-electron chi connectivity index (χ1n) is 8.91. The first-order valence-corrected chi connectivity index (χ1v) is 9.68. The molecule has 2 fully saturated rings. The molecule has 0 aliphatic carbocycles. The highest BCUT2D eigenvalue weighted by Crippen LogP contribution is 2.32. The third kappa shape index (κ3) is 3.31. The van der Waals surface area contributed by atoms with E-state index in [9.17, 15) is 9.59 Å². The first-order chi connectivity index (χ1) is 11.5. The second-order valence-electron chi connectivity index (χ2n) is 7.25. The highest BCUT2D eigenvalue weighted by molar-refractivity contribution is 7.08. The summed E-state index contributed by atoms with van der Waals surface area (Å²) in [4.78, 5) is 29.8. The highest BCUT2D eigenvalue weighted by Gasteiger charge is 2.40. The van der Waals surface area contributed by atoms with Crippen molar-refractivity contribution in [1.29, 1.82) is 0 Å². The number of likely N-dealkylation sites (tertiary alicyclic amines) is 2. The van der Waals surface area contributed by atoms with E-state index in [1.807, 2.05) is 11.8 Å². The minimum Gasteiger partial charge on any atom is -0.339 e. The van der Waals surface area contributed by atoms with Crippen LogP contribution < -0.4 is 0 Å². The summed E-state index contributed by atoms with van der Waals surface area (Å²) in [6.07, 6.45) is 3.11. The van der Waals surface area contributed by atoms with Gasteiger partial charge in [0.1, 0.15) is 4.88 Å². The van der Waals surface area contributed by atoms with Gasteiger partial charge in [-0.1, -0.05) is 25.3 Å². The van der Waals surface area contributed by atoms with Gasteiger partial charge in [-0.25, -0.2) is 0 Å². The van der Waals surface area contributed by atoms with Crippen LogP contribution in [0, 0.1) is 11.8 Å². The Morgan fingerprint density at radius 2 is 2.17 bits per heavy atom. The number of aromatic nitrogens is 2. The molecular formula is C17H26N4O2S. The van der Waals surface area contributed by atoms with Crippen molar-refractivity contribution in [3.8, 4) is 0 Å². The molecule has 2 amide bonds. The van der Waals surface area contributed by atoms with E-state index in [-0.39, 0.29) is 11.8 Å². The third-order valence-corrected chi connectivity index (χ3v) is 5.83. The number of amides is 2. The van der Waals surface area contributed by atoms with Crippen molar-refractivity contribution >= 4 is 23.3 Å². The summed E-state index contributed by atoms with van der Waals surface area (Å²) in [5, 5.41) is 4.05. The second-order valence-corrected chi connectivity index (χ2v) is 8.00. The number of piperidine rings is 2. The van der Waals surface area contributed by atoms with Gasteiger partial charge in [0.15, 0.2) is 0 Å². The molecule has 2 aliphatic heterocycles. The van der Waals surface area contributed by atoms with Crippen molar-refractivity contribution in [1.82, 2.24) is 19.4 Å². The Morgan fingerprint density at radius 1 is 1.38 bits per heavy atom. The largest absolute Gasteiger partial charge is 0.339 e. The van der Waals surface area contributed by atoms with Crippen LogP contribution in [-0.4, -0.2) is 56.9 Å². The Morgan fingerprint density at radius 3 is 2.88 bits per heavy atom. The molecular weight excluding hydrogens is 324 g/mol. The van der Waals surface area contributed by atoms with E-state index in [1.54, 1.807) is 0 Å². The SMILES string of the molecule is CCc1nnsc1C(=O)N1CC[C@@H]2[C@@H](CCC(=O)N2CC(C)C)C1. The van der Waals surface area contributed by atoms with E-state index in [1.165, 1.54) is 11.5 Å². The van der Waals surface area contributed by atoms with Crippen LogP contribution in [0.3, 0.4) is 0 Å². The number of aryl methyl sites for hydroxylation is 1. The molecule has 0 spiro atoms. The Bertz CT molecular complexity index is 615. The molecule has 132 valence electrons. The maximum atomic E-state index is 12.8. The van der Waals surface area contributed by atoms with Gasteiger partial charge < -0.3 is 9.80 Å². The van der Waals surface area contributed by atoms with E-state index < -0.39 is 0 Å². The summed E-state index contributed by atoms with van der Waals surface area (Å²) in [5.74, 6) is 1.21. The van der Waals surface area contributed by atoms with E-state index >= 15 is 0 Å². The van der Waals surface area contributed by atoms with Gasteiger partial charge in [0.2, 0.25) is 5.91 Å². The first kappa shape index (κ1) is 17.3. The lowest BCUT2D eigenvalue weighted by atomic mass is 9.83. The molecule has 1 aromatic heterocycles. The van der Waals surface area contributed by atoms with Gasteiger partial charge in [-0.05, 0) is 42.6 Å². The van der Waals surface area contributed by atoms with Crippen LogP contribution in [0.5, 0.6) is 0 Å². The molecule has 2 saturated heterocycles. The topological polar surface area (TPSA) is 66.4 Å². The molecule has 0 bridgehead atoms. The number of hydrogen-bond acceptors (Lipinski definition) is 5. The second kappa shape index (κ2) is 7.17. The summed E-state index contributed by atoms with van der Waals surface area (Å²) in [5.41, 5.74) is 0.798. The lowest BCUT2D eigenvalue weighted by molar-refractivity contribution is -0.141. The van der Waals surface area contributed by atoms with Gasteiger partial charge >= 0.3 is 0 Å². The Balaban J connectivity index is 1.71. The molecule has 3 heterocycles. The molecule has 24 heavy (non-hydrogen) atoms. The smallest absolute Gasteiger partial charge is 0.267 e. The predicted molar refractivity (Wildman–Crippen MR) is 92.9 cm³/mol. The Labute approximate surface area is 147 Å². The molecule has 0 radical (unpaired) electrons. The van der Waals surface area contributed by atoms with Crippen molar-refractivity contribution in [2.45, 2.75) is 52.5 Å². The maximum absolute atomic E-state index is 12.8. The van der Waals surface area contributed by atoms with Gasteiger partial charge in [-0.15, -0.1) is 5.10 Å². The van der Waals surface area contributed by atoms with Crippen LogP contribution in [0.25, 0.3) is 0 Å². The fourth-order valence-corrected chi connectivity index (χ4v) is 4.63. The average Bonchev–Trinajstić information content (AvgIpc) is 3.04.